The third-order valence-electron chi connectivity index (χ3n) is 2.17. The predicted molar refractivity (Wildman–Crippen MR) is 61.0 cm³/mol. The quantitative estimate of drug-likeness (QED) is 0.826. The molecule has 1 aromatic carbocycles. The van der Waals surface area contributed by atoms with Crippen molar-refractivity contribution in [2.45, 2.75) is 19.4 Å². The number of hydrogen-bond donors (Lipinski definition) is 2. The largest absolute Gasteiger partial charge is 0.394 e. The molecule has 4 heteroatoms. The van der Waals surface area contributed by atoms with E-state index >= 15 is 0 Å². The molecule has 15 heavy (non-hydrogen) atoms. The molecule has 80 valence electrons. The Morgan fingerprint density at radius 2 is 2.33 bits per heavy atom. The number of halogens is 1. The van der Waals surface area contributed by atoms with Gasteiger partial charge in [0, 0.05) is 11.7 Å². The Morgan fingerprint density at radius 1 is 1.60 bits per heavy atom. The van der Waals surface area contributed by atoms with Crippen LogP contribution < -0.4 is 5.32 Å². The highest BCUT2D eigenvalue weighted by Gasteiger charge is 2.05. The molecule has 0 saturated heterocycles. The van der Waals surface area contributed by atoms with E-state index in [-0.39, 0.29) is 12.6 Å². The van der Waals surface area contributed by atoms with E-state index in [2.05, 4.69) is 5.32 Å². The molecule has 0 aliphatic heterocycles. The van der Waals surface area contributed by atoms with Crippen molar-refractivity contribution < 1.29 is 5.11 Å². The fourth-order valence-corrected chi connectivity index (χ4v) is 1.43. The lowest BCUT2D eigenvalue weighted by molar-refractivity contribution is 0.272. The summed E-state index contributed by atoms with van der Waals surface area (Å²) in [4.78, 5) is 0. The van der Waals surface area contributed by atoms with E-state index in [0.29, 0.717) is 10.6 Å². The topological polar surface area (TPSA) is 56.0 Å². The van der Waals surface area contributed by atoms with Crippen molar-refractivity contribution in [3.05, 3.63) is 28.8 Å². The maximum atomic E-state index is 9.01. The number of hydrogen-bond acceptors (Lipinski definition) is 3. The second-order valence-corrected chi connectivity index (χ2v) is 3.65. The van der Waals surface area contributed by atoms with Crippen LogP contribution in [0.3, 0.4) is 0 Å². The van der Waals surface area contributed by atoms with Gasteiger partial charge < -0.3 is 10.4 Å². The molecular formula is C11H13ClN2O. The highest BCUT2D eigenvalue weighted by Crippen LogP contribution is 2.20. The zero-order chi connectivity index (χ0) is 11.3. The Morgan fingerprint density at radius 3 is 2.80 bits per heavy atom. The van der Waals surface area contributed by atoms with Crippen LogP contribution in [0.4, 0.5) is 5.69 Å². The van der Waals surface area contributed by atoms with Crippen LogP contribution in [0.2, 0.25) is 5.02 Å². The molecule has 0 fully saturated rings. The second kappa shape index (κ2) is 5.59. The molecule has 0 unspecified atom stereocenters. The van der Waals surface area contributed by atoms with E-state index in [0.717, 1.165) is 12.1 Å². The summed E-state index contributed by atoms with van der Waals surface area (Å²) in [5.41, 5.74) is 1.28. The first kappa shape index (κ1) is 11.8. The van der Waals surface area contributed by atoms with E-state index in [1.165, 1.54) is 0 Å². The van der Waals surface area contributed by atoms with Gasteiger partial charge in [0.25, 0.3) is 0 Å². The van der Waals surface area contributed by atoms with E-state index in [1.807, 2.05) is 13.0 Å². The molecule has 0 saturated carbocycles. The average Bonchev–Trinajstić information content (AvgIpc) is 2.26. The molecule has 2 N–H and O–H groups in total. The maximum Gasteiger partial charge on any atom is 0.101 e. The van der Waals surface area contributed by atoms with Crippen molar-refractivity contribution in [2.24, 2.45) is 0 Å². The van der Waals surface area contributed by atoms with E-state index < -0.39 is 0 Å². The molecule has 0 heterocycles. The molecule has 1 aromatic rings. The minimum atomic E-state index is 0.0222. The minimum absolute atomic E-state index is 0.0222. The van der Waals surface area contributed by atoms with Crippen LogP contribution in [-0.2, 0) is 0 Å². The summed E-state index contributed by atoms with van der Waals surface area (Å²) >= 11 is 5.87. The Bertz CT molecular complexity index is 369. The Labute approximate surface area is 94.3 Å². The first-order valence-electron chi connectivity index (χ1n) is 4.78. The van der Waals surface area contributed by atoms with Gasteiger partial charge in [-0.25, -0.2) is 0 Å². The third-order valence-corrected chi connectivity index (χ3v) is 2.49. The van der Waals surface area contributed by atoms with Gasteiger partial charge in [-0.05, 0) is 24.6 Å². The van der Waals surface area contributed by atoms with Gasteiger partial charge in [0.15, 0.2) is 0 Å². The van der Waals surface area contributed by atoms with Crippen LogP contribution in [-0.4, -0.2) is 17.8 Å². The summed E-state index contributed by atoms with van der Waals surface area (Å²) in [6, 6.07) is 7.15. The normalized spacial score (nSPS) is 11.9. The number of nitriles is 1. The van der Waals surface area contributed by atoms with Crippen molar-refractivity contribution in [2.75, 3.05) is 11.9 Å². The number of nitrogens with zero attached hydrogens (tertiary/aromatic N) is 1. The number of aliphatic hydroxyl groups excluding tert-OH is 1. The van der Waals surface area contributed by atoms with Crippen LogP contribution in [0.5, 0.6) is 0 Å². The third kappa shape index (κ3) is 3.12. The SMILES string of the molecule is CC[C@@H](CO)Nc1ccc(C#N)c(Cl)c1. The van der Waals surface area contributed by atoms with Gasteiger partial charge in [0.05, 0.1) is 17.2 Å². The van der Waals surface area contributed by atoms with Crippen LogP contribution in [0.15, 0.2) is 18.2 Å². The van der Waals surface area contributed by atoms with Crippen molar-refractivity contribution in [1.82, 2.24) is 0 Å². The summed E-state index contributed by atoms with van der Waals surface area (Å²) in [7, 11) is 0. The number of rotatable bonds is 4. The van der Waals surface area contributed by atoms with Crippen molar-refractivity contribution in [1.29, 1.82) is 5.26 Å². The zero-order valence-electron chi connectivity index (χ0n) is 8.50. The van der Waals surface area contributed by atoms with Crippen LogP contribution >= 0.6 is 11.6 Å². The molecule has 1 atom stereocenters. The summed E-state index contributed by atoms with van der Waals surface area (Å²) < 4.78 is 0. The van der Waals surface area contributed by atoms with Gasteiger partial charge in [-0.1, -0.05) is 18.5 Å². The fraction of sp³-hybridized carbons (Fsp3) is 0.364. The molecule has 0 spiro atoms. The van der Waals surface area contributed by atoms with Gasteiger partial charge in [-0.2, -0.15) is 5.26 Å². The van der Waals surface area contributed by atoms with Crippen LogP contribution in [0, 0.1) is 11.3 Å². The standard InChI is InChI=1S/C11H13ClN2O/c1-2-9(7-15)14-10-4-3-8(6-13)11(12)5-10/h3-5,9,14-15H,2,7H2,1H3/t9-/m0/s1. The van der Waals surface area contributed by atoms with Gasteiger partial charge in [-0.15, -0.1) is 0 Å². The molecule has 0 amide bonds. The zero-order valence-corrected chi connectivity index (χ0v) is 9.25. The van der Waals surface area contributed by atoms with Crippen molar-refractivity contribution >= 4 is 17.3 Å². The molecule has 0 aromatic heterocycles. The van der Waals surface area contributed by atoms with E-state index in [4.69, 9.17) is 22.0 Å². The fourth-order valence-electron chi connectivity index (χ4n) is 1.21. The summed E-state index contributed by atoms with van der Waals surface area (Å²) in [5, 5.41) is 21.3. The summed E-state index contributed by atoms with van der Waals surface area (Å²) in [6.07, 6.45) is 0.828. The summed E-state index contributed by atoms with van der Waals surface area (Å²) in [6.45, 7) is 2.06. The lowest BCUT2D eigenvalue weighted by Crippen LogP contribution is -2.22. The maximum absolute atomic E-state index is 9.01. The molecule has 0 radical (unpaired) electrons. The highest BCUT2D eigenvalue weighted by atomic mass is 35.5. The first-order chi connectivity index (χ1) is 7.21. The molecule has 1 rings (SSSR count). The van der Waals surface area contributed by atoms with Gasteiger partial charge in [0.1, 0.15) is 6.07 Å². The predicted octanol–water partition coefficient (Wildman–Crippen LogP) is 2.39. The lowest BCUT2D eigenvalue weighted by atomic mass is 10.2. The molecule has 3 nitrogen and oxygen atoms in total. The summed E-state index contributed by atoms with van der Waals surface area (Å²) in [5.74, 6) is 0. The van der Waals surface area contributed by atoms with Crippen molar-refractivity contribution in [3.63, 3.8) is 0 Å². The number of benzene rings is 1. The molecule has 0 aliphatic carbocycles. The minimum Gasteiger partial charge on any atom is -0.394 e. The second-order valence-electron chi connectivity index (χ2n) is 3.24. The molecular weight excluding hydrogens is 212 g/mol. The number of aliphatic hydroxyl groups is 1. The number of anilines is 1. The first-order valence-corrected chi connectivity index (χ1v) is 5.16. The van der Waals surface area contributed by atoms with Crippen LogP contribution in [0.25, 0.3) is 0 Å². The Balaban J connectivity index is 2.80. The molecule has 0 aliphatic rings. The smallest absolute Gasteiger partial charge is 0.101 e. The van der Waals surface area contributed by atoms with Gasteiger partial charge in [0.2, 0.25) is 0 Å². The highest BCUT2D eigenvalue weighted by molar-refractivity contribution is 6.32. The van der Waals surface area contributed by atoms with Gasteiger partial charge >= 0.3 is 0 Å². The molecule has 0 bridgehead atoms. The van der Waals surface area contributed by atoms with Crippen LogP contribution in [0.1, 0.15) is 18.9 Å². The lowest BCUT2D eigenvalue weighted by Gasteiger charge is -2.15. The van der Waals surface area contributed by atoms with Gasteiger partial charge in [-0.3, -0.25) is 0 Å². The Hall–Kier alpha value is -1.24. The van der Waals surface area contributed by atoms with E-state index in [1.54, 1.807) is 18.2 Å². The monoisotopic (exact) mass is 224 g/mol. The van der Waals surface area contributed by atoms with Crippen molar-refractivity contribution in [3.8, 4) is 6.07 Å². The average molecular weight is 225 g/mol. The Kier molecular flexibility index (Phi) is 4.41. The van der Waals surface area contributed by atoms with E-state index in [9.17, 15) is 0 Å². The number of nitrogens with one attached hydrogen (secondary N) is 1.